The number of imidazole rings is 1. The Bertz CT molecular complexity index is 1410. The third kappa shape index (κ3) is 3.83. The van der Waals surface area contributed by atoms with Crippen molar-refractivity contribution in [2.75, 3.05) is 0 Å². The number of aromatic nitrogens is 3. The number of rotatable bonds is 5. The Hall–Kier alpha value is -3.71. The molecule has 7 heteroatoms. The Morgan fingerprint density at radius 1 is 1.00 bits per heavy atom. The van der Waals surface area contributed by atoms with Crippen molar-refractivity contribution in [2.24, 2.45) is 7.05 Å². The molecule has 0 N–H and O–H groups in total. The Balaban J connectivity index is 1.59. The number of benzene rings is 3. The Labute approximate surface area is 192 Å². The van der Waals surface area contributed by atoms with E-state index >= 15 is 0 Å². The first-order chi connectivity index (χ1) is 15.6. The van der Waals surface area contributed by atoms with Gasteiger partial charge in [-0.05, 0) is 35.9 Å². The highest BCUT2D eigenvalue weighted by molar-refractivity contribution is 9.10. The Kier molecular flexibility index (Phi) is 5.33. The molecule has 158 valence electrons. The van der Waals surface area contributed by atoms with Gasteiger partial charge in [0.1, 0.15) is 6.61 Å². The number of carbonyl (C=O) groups excluding carboxylic acids is 1. The molecule has 0 fully saturated rings. The van der Waals surface area contributed by atoms with Crippen molar-refractivity contribution < 1.29 is 13.9 Å². The first kappa shape index (κ1) is 20.2. The fraction of sp³-hybridized carbons (Fsp3) is 0.0800. The van der Waals surface area contributed by atoms with Gasteiger partial charge in [0.05, 0.1) is 11.0 Å². The molecule has 0 unspecified atom stereocenters. The molecule has 2 heterocycles. The maximum atomic E-state index is 13.0. The maximum Gasteiger partial charge on any atom is 0.361 e. The van der Waals surface area contributed by atoms with E-state index in [1.165, 1.54) is 0 Å². The zero-order valence-electron chi connectivity index (χ0n) is 17.2. The third-order valence-electron chi connectivity index (χ3n) is 5.10. The molecule has 3 aromatic carbocycles. The summed E-state index contributed by atoms with van der Waals surface area (Å²) in [5, 5.41) is 0. The van der Waals surface area contributed by atoms with Crippen LogP contribution in [0.15, 0.2) is 87.8 Å². The summed E-state index contributed by atoms with van der Waals surface area (Å²) < 4.78 is 14.4. The fourth-order valence-electron chi connectivity index (χ4n) is 3.48. The van der Waals surface area contributed by atoms with Gasteiger partial charge in [-0.2, -0.15) is 0 Å². The van der Waals surface area contributed by atoms with Crippen molar-refractivity contribution in [1.29, 1.82) is 0 Å². The van der Waals surface area contributed by atoms with Crippen LogP contribution in [0.25, 0.3) is 34.1 Å². The number of nitrogens with zero attached hydrogens (tertiary/aromatic N) is 3. The molecule has 5 rings (SSSR count). The van der Waals surface area contributed by atoms with E-state index in [1.54, 1.807) is 0 Å². The number of hydrogen-bond acceptors (Lipinski definition) is 5. The second kappa shape index (κ2) is 8.43. The van der Waals surface area contributed by atoms with Crippen molar-refractivity contribution in [3.05, 3.63) is 94.6 Å². The molecule has 0 aliphatic rings. The van der Waals surface area contributed by atoms with E-state index in [0.29, 0.717) is 11.7 Å². The fourth-order valence-corrected chi connectivity index (χ4v) is 3.83. The average Bonchev–Trinajstić information content (AvgIpc) is 3.40. The molecular weight excluding hydrogens is 470 g/mol. The van der Waals surface area contributed by atoms with Crippen LogP contribution in [0.5, 0.6) is 0 Å². The van der Waals surface area contributed by atoms with Crippen LogP contribution in [0.3, 0.4) is 0 Å². The number of fused-ring (bicyclic) bond motifs is 1. The lowest BCUT2D eigenvalue weighted by Crippen LogP contribution is -2.08. The SMILES string of the molecule is Cn1c(-c2oc(-c3ccccc3)nc2C(=O)OCc2ccccc2)nc2cc(Br)ccc21. The number of halogens is 1. The summed E-state index contributed by atoms with van der Waals surface area (Å²) in [6.45, 7) is 0.141. The van der Waals surface area contributed by atoms with Crippen molar-refractivity contribution in [3.8, 4) is 23.0 Å². The van der Waals surface area contributed by atoms with Crippen LogP contribution in [0.4, 0.5) is 0 Å². The predicted molar refractivity (Wildman–Crippen MR) is 125 cm³/mol. The Morgan fingerprint density at radius 3 is 2.47 bits per heavy atom. The van der Waals surface area contributed by atoms with Gasteiger partial charge in [0.2, 0.25) is 11.7 Å². The van der Waals surface area contributed by atoms with E-state index in [-0.39, 0.29) is 18.1 Å². The van der Waals surface area contributed by atoms with E-state index in [0.717, 1.165) is 26.6 Å². The van der Waals surface area contributed by atoms with Gasteiger partial charge in [0, 0.05) is 17.1 Å². The van der Waals surface area contributed by atoms with Gasteiger partial charge in [-0.1, -0.05) is 64.5 Å². The second-order valence-corrected chi connectivity index (χ2v) is 8.17. The molecule has 0 saturated heterocycles. The standard InChI is InChI=1S/C25H18BrN3O3/c1-29-20-13-12-18(26)14-19(20)27-23(29)22-21(25(30)31-15-16-8-4-2-5-9-16)28-24(32-22)17-10-6-3-7-11-17/h2-14H,15H2,1H3. The lowest BCUT2D eigenvalue weighted by Gasteiger charge is -2.04. The average molecular weight is 488 g/mol. The number of ether oxygens (including phenoxy) is 1. The molecule has 0 aliphatic heterocycles. The van der Waals surface area contributed by atoms with Crippen LogP contribution in [-0.2, 0) is 18.4 Å². The lowest BCUT2D eigenvalue weighted by atomic mass is 10.2. The summed E-state index contributed by atoms with van der Waals surface area (Å²) in [7, 11) is 1.88. The summed E-state index contributed by atoms with van der Waals surface area (Å²) in [5.41, 5.74) is 3.43. The highest BCUT2D eigenvalue weighted by atomic mass is 79.9. The van der Waals surface area contributed by atoms with Gasteiger partial charge < -0.3 is 13.7 Å². The predicted octanol–water partition coefficient (Wildman–Crippen LogP) is 6.01. The van der Waals surface area contributed by atoms with Crippen LogP contribution in [0.2, 0.25) is 0 Å². The Morgan fingerprint density at radius 2 is 1.72 bits per heavy atom. The van der Waals surface area contributed by atoms with E-state index in [9.17, 15) is 4.79 Å². The summed E-state index contributed by atoms with van der Waals surface area (Å²) in [4.78, 5) is 22.2. The van der Waals surface area contributed by atoms with Crippen LogP contribution < -0.4 is 0 Å². The molecule has 0 spiro atoms. The van der Waals surface area contributed by atoms with E-state index in [2.05, 4.69) is 20.9 Å². The van der Waals surface area contributed by atoms with Crippen molar-refractivity contribution in [2.45, 2.75) is 6.61 Å². The molecule has 0 aliphatic carbocycles. The van der Waals surface area contributed by atoms with Gasteiger partial charge in [-0.3, -0.25) is 0 Å². The molecule has 0 amide bonds. The van der Waals surface area contributed by atoms with Crippen molar-refractivity contribution in [3.63, 3.8) is 0 Å². The highest BCUT2D eigenvalue weighted by Gasteiger charge is 2.27. The van der Waals surface area contributed by atoms with Crippen molar-refractivity contribution >= 4 is 32.9 Å². The normalized spacial score (nSPS) is 11.1. The number of hydrogen-bond donors (Lipinski definition) is 0. The molecule has 5 aromatic rings. The van der Waals surface area contributed by atoms with Crippen LogP contribution >= 0.6 is 15.9 Å². The van der Waals surface area contributed by atoms with Crippen LogP contribution in [0.1, 0.15) is 16.1 Å². The lowest BCUT2D eigenvalue weighted by molar-refractivity contribution is 0.0467. The van der Waals surface area contributed by atoms with Gasteiger partial charge >= 0.3 is 5.97 Å². The highest BCUT2D eigenvalue weighted by Crippen LogP contribution is 2.32. The van der Waals surface area contributed by atoms with E-state index < -0.39 is 5.97 Å². The summed E-state index contributed by atoms with van der Waals surface area (Å²) in [5.74, 6) is 0.541. The largest absolute Gasteiger partial charge is 0.456 e. The number of aryl methyl sites for hydroxylation is 1. The topological polar surface area (TPSA) is 70.2 Å². The van der Waals surface area contributed by atoms with Crippen molar-refractivity contribution in [1.82, 2.24) is 14.5 Å². The monoisotopic (exact) mass is 487 g/mol. The summed E-state index contributed by atoms with van der Waals surface area (Å²) >= 11 is 3.48. The molecule has 6 nitrogen and oxygen atoms in total. The molecule has 0 bridgehead atoms. The first-order valence-electron chi connectivity index (χ1n) is 10.00. The van der Waals surface area contributed by atoms with Gasteiger partial charge in [-0.25, -0.2) is 14.8 Å². The second-order valence-electron chi connectivity index (χ2n) is 7.25. The maximum absolute atomic E-state index is 13.0. The number of oxazole rings is 1. The number of esters is 1. The zero-order valence-corrected chi connectivity index (χ0v) is 18.7. The smallest absolute Gasteiger partial charge is 0.361 e. The summed E-state index contributed by atoms with van der Waals surface area (Å²) in [6.07, 6.45) is 0. The van der Waals surface area contributed by atoms with Crippen LogP contribution in [0, 0.1) is 0 Å². The van der Waals surface area contributed by atoms with E-state index in [1.807, 2.05) is 90.5 Å². The van der Waals surface area contributed by atoms with Gasteiger partial charge in [-0.15, -0.1) is 0 Å². The molecular formula is C25H18BrN3O3. The van der Waals surface area contributed by atoms with Gasteiger partial charge in [0.15, 0.2) is 11.5 Å². The minimum Gasteiger partial charge on any atom is -0.456 e. The minimum atomic E-state index is -0.567. The third-order valence-corrected chi connectivity index (χ3v) is 5.59. The van der Waals surface area contributed by atoms with Gasteiger partial charge in [0.25, 0.3) is 0 Å². The molecule has 0 atom stereocenters. The minimum absolute atomic E-state index is 0.0947. The van der Waals surface area contributed by atoms with E-state index in [4.69, 9.17) is 14.1 Å². The molecule has 2 aromatic heterocycles. The molecule has 0 saturated carbocycles. The number of carbonyl (C=O) groups is 1. The molecule has 0 radical (unpaired) electrons. The first-order valence-corrected chi connectivity index (χ1v) is 10.8. The summed E-state index contributed by atoms with van der Waals surface area (Å²) in [6, 6.07) is 24.8. The zero-order chi connectivity index (χ0) is 22.1. The van der Waals surface area contributed by atoms with Crippen LogP contribution in [-0.4, -0.2) is 20.5 Å². The quantitative estimate of drug-likeness (QED) is 0.283. The molecule has 32 heavy (non-hydrogen) atoms.